The van der Waals surface area contributed by atoms with Crippen molar-refractivity contribution in [1.82, 2.24) is 0 Å². The van der Waals surface area contributed by atoms with E-state index in [-0.39, 0.29) is 0 Å². The largest absolute Gasteiger partial charge is 0.456 e. The highest BCUT2D eigenvalue weighted by Gasteiger charge is 2.23. The normalized spacial score (nSPS) is 11.6. The van der Waals surface area contributed by atoms with Gasteiger partial charge in [-0.3, -0.25) is 0 Å². The molecule has 0 aliphatic rings. The molecule has 258 valence electrons. The number of para-hydroxylation sites is 4. The fraction of sp³-hybridized carbons (Fsp3) is 0. The third-order valence-electron chi connectivity index (χ3n) is 10.9. The van der Waals surface area contributed by atoms with E-state index in [9.17, 15) is 0 Å². The van der Waals surface area contributed by atoms with Gasteiger partial charge in [-0.1, -0.05) is 152 Å². The molecule has 11 aromatic rings. The molecule has 2 aromatic heterocycles. The van der Waals surface area contributed by atoms with Gasteiger partial charge >= 0.3 is 0 Å². The molecule has 55 heavy (non-hydrogen) atoms. The molecule has 0 aliphatic heterocycles. The summed E-state index contributed by atoms with van der Waals surface area (Å²) in [5, 5.41) is 6.78. The van der Waals surface area contributed by atoms with E-state index in [2.05, 4.69) is 193 Å². The predicted molar refractivity (Wildman–Crippen MR) is 229 cm³/mol. The van der Waals surface area contributed by atoms with Crippen LogP contribution < -0.4 is 4.90 Å². The Balaban J connectivity index is 1.10. The minimum atomic E-state index is 0.883. The fourth-order valence-electron chi connectivity index (χ4n) is 8.28. The molecule has 0 spiro atoms. The fourth-order valence-corrected chi connectivity index (χ4v) is 8.28. The van der Waals surface area contributed by atoms with Crippen molar-refractivity contribution in [3.05, 3.63) is 200 Å². The van der Waals surface area contributed by atoms with Gasteiger partial charge in [0.2, 0.25) is 0 Å². The highest BCUT2D eigenvalue weighted by molar-refractivity contribution is 6.17. The monoisotopic (exact) mass is 703 g/mol. The summed E-state index contributed by atoms with van der Waals surface area (Å²) in [5.74, 6) is 0. The number of anilines is 3. The second-order valence-electron chi connectivity index (χ2n) is 14.0. The standard InChI is InChI=1S/C52H33NO2/c1-2-13-35(14-3-1)39-16-6-9-22-47(39)53(38-29-25-34(26-30-38)37-28-31-43-42-19-8-11-24-49(42)54-50(43)33-37)48-23-10-7-18-41(48)44-20-12-21-45-46-32-27-36-15-4-5-17-40(36)51(46)55-52(44)45/h1-33H. The predicted octanol–water partition coefficient (Wildman–Crippen LogP) is 15.1. The van der Waals surface area contributed by atoms with Gasteiger partial charge in [-0.05, 0) is 70.6 Å². The lowest BCUT2D eigenvalue weighted by atomic mass is 9.97. The lowest BCUT2D eigenvalue weighted by Crippen LogP contribution is -2.12. The molecule has 9 aromatic carbocycles. The van der Waals surface area contributed by atoms with Crippen LogP contribution in [0.15, 0.2) is 209 Å². The van der Waals surface area contributed by atoms with Gasteiger partial charge in [0.1, 0.15) is 22.3 Å². The molecule has 0 unspecified atom stereocenters. The molecule has 0 radical (unpaired) electrons. The van der Waals surface area contributed by atoms with Crippen molar-refractivity contribution in [2.45, 2.75) is 0 Å². The Morgan fingerprint density at radius 2 is 0.909 bits per heavy atom. The van der Waals surface area contributed by atoms with Crippen LogP contribution in [0.3, 0.4) is 0 Å². The number of hydrogen-bond acceptors (Lipinski definition) is 3. The molecule has 0 fully saturated rings. The summed E-state index contributed by atoms with van der Waals surface area (Å²) in [6.07, 6.45) is 0. The van der Waals surface area contributed by atoms with Crippen LogP contribution in [-0.4, -0.2) is 0 Å². The van der Waals surface area contributed by atoms with Crippen molar-refractivity contribution in [2.24, 2.45) is 0 Å². The quantitative estimate of drug-likeness (QED) is 0.173. The average Bonchev–Trinajstić information content (AvgIpc) is 3.83. The number of rotatable bonds is 6. The first kappa shape index (κ1) is 31.2. The van der Waals surface area contributed by atoms with Crippen LogP contribution in [0.5, 0.6) is 0 Å². The van der Waals surface area contributed by atoms with E-state index >= 15 is 0 Å². The Morgan fingerprint density at radius 3 is 1.76 bits per heavy atom. The molecule has 0 saturated carbocycles. The molecule has 0 atom stereocenters. The van der Waals surface area contributed by atoms with E-state index in [0.717, 1.165) is 99.7 Å². The SMILES string of the molecule is c1ccc(-c2ccccc2N(c2ccc(-c3ccc4c(c3)oc3ccccc34)cc2)c2ccccc2-c2cccc3c2oc2c4ccccc4ccc32)cc1. The van der Waals surface area contributed by atoms with Gasteiger partial charge in [-0.15, -0.1) is 0 Å². The van der Waals surface area contributed by atoms with Crippen LogP contribution in [0.2, 0.25) is 0 Å². The summed E-state index contributed by atoms with van der Waals surface area (Å²) in [7, 11) is 0. The van der Waals surface area contributed by atoms with Crippen LogP contribution in [0.1, 0.15) is 0 Å². The highest BCUT2D eigenvalue weighted by Crippen LogP contribution is 2.47. The van der Waals surface area contributed by atoms with Crippen molar-refractivity contribution in [3.8, 4) is 33.4 Å². The summed E-state index contributed by atoms with van der Waals surface area (Å²) in [6, 6.07) is 70.9. The van der Waals surface area contributed by atoms with Crippen LogP contribution >= 0.6 is 0 Å². The molecule has 0 N–H and O–H groups in total. The van der Waals surface area contributed by atoms with E-state index in [4.69, 9.17) is 8.83 Å². The van der Waals surface area contributed by atoms with Crippen molar-refractivity contribution < 1.29 is 8.83 Å². The molecule has 11 rings (SSSR count). The molecule has 2 heterocycles. The second-order valence-corrected chi connectivity index (χ2v) is 14.0. The number of fused-ring (bicyclic) bond motifs is 8. The molecule has 0 saturated heterocycles. The first-order valence-electron chi connectivity index (χ1n) is 18.7. The van der Waals surface area contributed by atoms with E-state index in [0.29, 0.717) is 0 Å². The van der Waals surface area contributed by atoms with Crippen molar-refractivity contribution in [1.29, 1.82) is 0 Å². The molecule has 0 aliphatic carbocycles. The molecule has 3 heteroatoms. The third-order valence-corrected chi connectivity index (χ3v) is 10.9. The summed E-state index contributed by atoms with van der Waals surface area (Å²) < 4.78 is 13.1. The number of furan rings is 2. The van der Waals surface area contributed by atoms with E-state index in [1.807, 2.05) is 12.1 Å². The maximum Gasteiger partial charge on any atom is 0.143 e. The van der Waals surface area contributed by atoms with Crippen molar-refractivity contribution in [3.63, 3.8) is 0 Å². The maximum atomic E-state index is 6.88. The molecule has 0 bridgehead atoms. The molecule has 0 amide bonds. The lowest BCUT2D eigenvalue weighted by molar-refractivity contribution is 0.669. The summed E-state index contributed by atoms with van der Waals surface area (Å²) >= 11 is 0. The molecular formula is C52H33NO2. The smallest absolute Gasteiger partial charge is 0.143 e. The maximum absolute atomic E-state index is 6.88. The van der Waals surface area contributed by atoms with Crippen LogP contribution in [0.25, 0.3) is 88.0 Å². The zero-order valence-electron chi connectivity index (χ0n) is 29.8. The van der Waals surface area contributed by atoms with Gasteiger partial charge in [-0.25, -0.2) is 0 Å². The van der Waals surface area contributed by atoms with Crippen LogP contribution in [0.4, 0.5) is 17.1 Å². The Kier molecular flexibility index (Phi) is 7.17. The first-order valence-corrected chi connectivity index (χ1v) is 18.7. The Morgan fingerprint density at radius 1 is 0.309 bits per heavy atom. The van der Waals surface area contributed by atoms with Crippen LogP contribution in [-0.2, 0) is 0 Å². The Bertz CT molecular complexity index is 3210. The zero-order chi connectivity index (χ0) is 36.3. The van der Waals surface area contributed by atoms with E-state index < -0.39 is 0 Å². The zero-order valence-corrected chi connectivity index (χ0v) is 29.8. The second kappa shape index (κ2) is 12.6. The molecule has 3 nitrogen and oxygen atoms in total. The van der Waals surface area contributed by atoms with Gasteiger partial charge in [0.05, 0.1) is 11.4 Å². The van der Waals surface area contributed by atoms with E-state index in [1.54, 1.807) is 0 Å². The minimum Gasteiger partial charge on any atom is -0.456 e. The van der Waals surface area contributed by atoms with Crippen molar-refractivity contribution >= 4 is 71.7 Å². The van der Waals surface area contributed by atoms with Gasteiger partial charge < -0.3 is 13.7 Å². The van der Waals surface area contributed by atoms with Crippen LogP contribution in [0, 0.1) is 0 Å². The van der Waals surface area contributed by atoms with Gasteiger partial charge in [0.25, 0.3) is 0 Å². The van der Waals surface area contributed by atoms with Gasteiger partial charge in [-0.2, -0.15) is 0 Å². The number of benzene rings is 9. The number of nitrogens with zero attached hydrogens (tertiary/aromatic N) is 1. The van der Waals surface area contributed by atoms with E-state index in [1.165, 1.54) is 5.39 Å². The number of hydrogen-bond donors (Lipinski definition) is 0. The van der Waals surface area contributed by atoms with Crippen molar-refractivity contribution in [2.75, 3.05) is 4.90 Å². The Hall–Kier alpha value is -7.36. The van der Waals surface area contributed by atoms with Gasteiger partial charge in [0, 0.05) is 49.3 Å². The average molecular weight is 704 g/mol. The molecular weight excluding hydrogens is 671 g/mol. The first-order chi connectivity index (χ1) is 27.3. The Labute approximate surface area is 317 Å². The lowest BCUT2D eigenvalue weighted by Gasteiger charge is -2.30. The topological polar surface area (TPSA) is 29.5 Å². The summed E-state index contributed by atoms with van der Waals surface area (Å²) in [4.78, 5) is 2.39. The summed E-state index contributed by atoms with van der Waals surface area (Å²) in [6.45, 7) is 0. The van der Waals surface area contributed by atoms with Gasteiger partial charge in [0.15, 0.2) is 0 Å². The minimum absolute atomic E-state index is 0.883. The summed E-state index contributed by atoms with van der Waals surface area (Å²) in [5.41, 5.74) is 13.4. The highest BCUT2D eigenvalue weighted by atomic mass is 16.3. The third kappa shape index (κ3) is 5.13.